The zero-order valence-electron chi connectivity index (χ0n) is 13.1. The molecule has 1 unspecified atom stereocenters. The van der Waals surface area contributed by atoms with Crippen LogP contribution in [-0.2, 0) is 14.2 Å². The number of hydrogen-bond donors (Lipinski definition) is 0. The quantitative estimate of drug-likeness (QED) is 0.830. The lowest BCUT2D eigenvalue weighted by atomic mass is 9.97. The van der Waals surface area contributed by atoms with Crippen LogP contribution in [0.3, 0.4) is 0 Å². The molecule has 3 atom stereocenters. The van der Waals surface area contributed by atoms with Gasteiger partial charge in [0.15, 0.2) is 6.29 Å². The SMILES string of the molecule is CC(C)(OC1CCCCO1)[C@@H]1CC[C@@H](c2ccccc2)O1. The van der Waals surface area contributed by atoms with E-state index in [1.54, 1.807) is 0 Å². The van der Waals surface area contributed by atoms with Gasteiger partial charge in [-0.15, -0.1) is 0 Å². The fourth-order valence-corrected chi connectivity index (χ4v) is 3.28. The van der Waals surface area contributed by atoms with Gasteiger partial charge in [0.25, 0.3) is 0 Å². The number of ether oxygens (including phenoxy) is 3. The van der Waals surface area contributed by atoms with Crippen LogP contribution in [0.25, 0.3) is 0 Å². The molecule has 2 aliphatic heterocycles. The first-order chi connectivity index (χ1) is 10.1. The van der Waals surface area contributed by atoms with Crippen LogP contribution in [0.1, 0.15) is 57.6 Å². The van der Waals surface area contributed by atoms with E-state index in [0.29, 0.717) is 0 Å². The van der Waals surface area contributed by atoms with Gasteiger partial charge in [0.05, 0.1) is 17.8 Å². The average molecular weight is 290 g/mol. The van der Waals surface area contributed by atoms with Crippen LogP contribution >= 0.6 is 0 Å². The van der Waals surface area contributed by atoms with E-state index < -0.39 is 0 Å². The van der Waals surface area contributed by atoms with E-state index in [2.05, 4.69) is 38.1 Å². The van der Waals surface area contributed by atoms with Crippen LogP contribution < -0.4 is 0 Å². The van der Waals surface area contributed by atoms with Gasteiger partial charge in [-0.3, -0.25) is 0 Å². The molecule has 0 saturated carbocycles. The Bertz CT molecular complexity index is 437. The van der Waals surface area contributed by atoms with Gasteiger partial charge in [-0.1, -0.05) is 30.3 Å². The third-order valence-corrected chi connectivity index (χ3v) is 4.54. The van der Waals surface area contributed by atoms with Crippen LogP contribution in [0.4, 0.5) is 0 Å². The largest absolute Gasteiger partial charge is 0.367 e. The van der Waals surface area contributed by atoms with Gasteiger partial charge in [0.1, 0.15) is 0 Å². The molecule has 0 N–H and O–H groups in total. The monoisotopic (exact) mass is 290 g/mol. The van der Waals surface area contributed by atoms with E-state index >= 15 is 0 Å². The molecule has 116 valence electrons. The molecule has 2 fully saturated rings. The minimum atomic E-state index is -0.300. The molecule has 3 heteroatoms. The smallest absolute Gasteiger partial charge is 0.158 e. The molecular weight excluding hydrogens is 264 g/mol. The molecule has 0 spiro atoms. The minimum Gasteiger partial charge on any atom is -0.367 e. The topological polar surface area (TPSA) is 27.7 Å². The fourth-order valence-electron chi connectivity index (χ4n) is 3.28. The summed E-state index contributed by atoms with van der Waals surface area (Å²) in [6.07, 6.45) is 5.72. The summed E-state index contributed by atoms with van der Waals surface area (Å²) in [5, 5.41) is 0. The van der Waals surface area contributed by atoms with Crippen LogP contribution in [0, 0.1) is 0 Å². The maximum Gasteiger partial charge on any atom is 0.158 e. The van der Waals surface area contributed by atoms with Crippen LogP contribution in [0.15, 0.2) is 30.3 Å². The molecule has 3 rings (SSSR count). The zero-order valence-corrected chi connectivity index (χ0v) is 13.1. The third kappa shape index (κ3) is 3.65. The minimum absolute atomic E-state index is 0.0619. The molecule has 1 aromatic carbocycles. The summed E-state index contributed by atoms with van der Waals surface area (Å²) in [7, 11) is 0. The standard InChI is InChI=1S/C18H26O3/c1-18(2,21-17-10-6-7-13-19-17)16-12-11-15(20-16)14-8-4-3-5-9-14/h3-5,8-9,15-17H,6-7,10-13H2,1-2H3/t15-,16-,17?/m0/s1. The Morgan fingerprint density at radius 1 is 1.05 bits per heavy atom. The second-order valence-corrected chi connectivity index (χ2v) is 6.62. The van der Waals surface area contributed by atoms with Crippen molar-refractivity contribution in [2.45, 2.75) is 70.1 Å². The first kappa shape index (κ1) is 15.0. The lowest BCUT2D eigenvalue weighted by Gasteiger charge is -2.36. The van der Waals surface area contributed by atoms with Gasteiger partial charge < -0.3 is 14.2 Å². The van der Waals surface area contributed by atoms with Gasteiger partial charge in [-0.05, 0) is 51.5 Å². The van der Waals surface area contributed by atoms with Gasteiger partial charge >= 0.3 is 0 Å². The average Bonchev–Trinajstić information content (AvgIpc) is 2.99. The van der Waals surface area contributed by atoms with Crippen molar-refractivity contribution in [3.63, 3.8) is 0 Å². The van der Waals surface area contributed by atoms with Crippen molar-refractivity contribution < 1.29 is 14.2 Å². The van der Waals surface area contributed by atoms with Crippen molar-refractivity contribution in [3.05, 3.63) is 35.9 Å². The van der Waals surface area contributed by atoms with Crippen molar-refractivity contribution in [1.82, 2.24) is 0 Å². The van der Waals surface area contributed by atoms with Crippen molar-refractivity contribution in [2.24, 2.45) is 0 Å². The molecule has 2 aliphatic rings. The summed E-state index contributed by atoms with van der Waals surface area (Å²) < 4.78 is 18.2. The van der Waals surface area contributed by atoms with Crippen molar-refractivity contribution in [3.8, 4) is 0 Å². The molecule has 0 aromatic heterocycles. The summed E-state index contributed by atoms with van der Waals surface area (Å²) >= 11 is 0. The Balaban J connectivity index is 1.59. The van der Waals surface area contributed by atoms with Crippen LogP contribution in [0.5, 0.6) is 0 Å². The van der Waals surface area contributed by atoms with E-state index in [0.717, 1.165) is 32.3 Å². The fraction of sp³-hybridized carbons (Fsp3) is 0.667. The predicted octanol–water partition coefficient (Wildman–Crippen LogP) is 4.23. The molecule has 2 saturated heterocycles. The predicted molar refractivity (Wildman–Crippen MR) is 82.0 cm³/mol. The first-order valence-electron chi connectivity index (χ1n) is 8.15. The highest BCUT2D eigenvalue weighted by Crippen LogP contribution is 2.39. The molecule has 21 heavy (non-hydrogen) atoms. The molecule has 0 aliphatic carbocycles. The lowest BCUT2D eigenvalue weighted by molar-refractivity contribution is -0.243. The highest BCUT2D eigenvalue weighted by molar-refractivity contribution is 5.18. The van der Waals surface area contributed by atoms with Crippen molar-refractivity contribution in [1.29, 1.82) is 0 Å². The molecule has 2 heterocycles. The lowest BCUT2D eigenvalue weighted by Crippen LogP contribution is -2.43. The van der Waals surface area contributed by atoms with Gasteiger partial charge in [0, 0.05) is 6.61 Å². The maximum absolute atomic E-state index is 6.27. The normalized spacial score (nSPS) is 30.5. The highest BCUT2D eigenvalue weighted by atomic mass is 16.7. The number of rotatable bonds is 4. The zero-order chi connectivity index (χ0) is 14.7. The molecular formula is C18H26O3. The molecule has 0 bridgehead atoms. The van der Waals surface area contributed by atoms with E-state index in [-0.39, 0.29) is 24.1 Å². The van der Waals surface area contributed by atoms with E-state index in [1.165, 1.54) is 12.0 Å². The first-order valence-corrected chi connectivity index (χ1v) is 8.15. The van der Waals surface area contributed by atoms with Gasteiger partial charge in [-0.2, -0.15) is 0 Å². The summed E-state index contributed by atoms with van der Waals surface area (Å²) in [5.41, 5.74) is 0.968. The second kappa shape index (κ2) is 6.47. The second-order valence-electron chi connectivity index (χ2n) is 6.62. The summed E-state index contributed by atoms with van der Waals surface area (Å²) in [4.78, 5) is 0. The summed E-state index contributed by atoms with van der Waals surface area (Å²) in [6.45, 7) is 5.07. The molecule has 1 aromatic rings. The Hall–Kier alpha value is -0.900. The van der Waals surface area contributed by atoms with Crippen molar-refractivity contribution in [2.75, 3.05) is 6.61 Å². The van der Waals surface area contributed by atoms with Crippen LogP contribution in [-0.4, -0.2) is 24.6 Å². The molecule has 3 nitrogen and oxygen atoms in total. The Morgan fingerprint density at radius 2 is 1.86 bits per heavy atom. The Labute approximate surface area is 127 Å². The number of benzene rings is 1. The maximum atomic E-state index is 6.27. The Kier molecular flexibility index (Phi) is 4.63. The third-order valence-electron chi connectivity index (χ3n) is 4.54. The van der Waals surface area contributed by atoms with E-state index in [9.17, 15) is 0 Å². The summed E-state index contributed by atoms with van der Waals surface area (Å²) in [5.74, 6) is 0. The summed E-state index contributed by atoms with van der Waals surface area (Å²) in [6, 6.07) is 10.5. The molecule has 0 amide bonds. The van der Waals surface area contributed by atoms with Crippen LogP contribution in [0.2, 0.25) is 0 Å². The Morgan fingerprint density at radius 3 is 2.57 bits per heavy atom. The van der Waals surface area contributed by atoms with Gasteiger partial charge in [0.2, 0.25) is 0 Å². The molecule has 0 radical (unpaired) electrons. The van der Waals surface area contributed by atoms with Crippen molar-refractivity contribution >= 4 is 0 Å². The van der Waals surface area contributed by atoms with E-state index in [1.807, 2.05) is 6.07 Å². The number of hydrogen-bond acceptors (Lipinski definition) is 3. The van der Waals surface area contributed by atoms with E-state index in [4.69, 9.17) is 14.2 Å². The van der Waals surface area contributed by atoms with Gasteiger partial charge in [-0.25, -0.2) is 0 Å². The highest BCUT2D eigenvalue weighted by Gasteiger charge is 2.40.